The molecular weight excluding hydrogens is 301 g/mol. The summed E-state index contributed by atoms with van der Waals surface area (Å²) < 4.78 is 38.6. The first-order valence-electron chi connectivity index (χ1n) is 5.88. The summed E-state index contributed by atoms with van der Waals surface area (Å²) in [6.07, 6.45) is 0. The summed E-state index contributed by atoms with van der Waals surface area (Å²) in [5.74, 6) is -2.88. The van der Waals surface area contributed by atoms with E-state index in [9.17, 15) is 18.0 Å². The molecule has 0 saturated heterocycles. The van der Waals surface area contributed by atoms with Crippen molar-refractivity contribution in [3.8, 4) is 0 Å². The monoisotopic (exact) mass is 312 g/mol. The number of hydrogen-bond donors (Lipinski definition) is 2. The second-order valence-electron chi connectivity index (χ2n) is 4.15. The van der Waals surface area contributed by atoms with Gasteiger partial charge in [-0.3, -0.25) is 4.79 Å². The van der Waals surface area contributed by atoms with Gasteiger partial charge in [0.05, 0.1) is 5.75 Å². The van der Waals surface area contributed by atoms with Gasteiger partial charge >= 0.3 is 0 Å². The summed E-state index contributed by atoms with van der Waals surface area (Å²) in [6.45, 7) is 0. The van der Waals surface area contributed by atoms with Crippen molar-refractivity contribution in [3.05, 3.63) is 53.8 Å². The molecule has 0 bridgehead atoms. The summed E-state index contributed by atoms with van der Waals surface area (Å²) in [7, 11) is 0. The third kappa shape index (κ3) is 4.16. The fourth-order valence-electron chi connectivity index (χ4n) is 1.57. The number of nitrogens with two attached hydrogens (primary N) is 1. The summed E-state index contributed by atoms with van der Waals surface area (Å²) in [6, 6.07) is 6.95. The molecule has 0 aliphatic carbocycles. The van der Waals surface area contributed by atoms with Crippen LogP contribution in [0, 0.1) is 17.5 Å². The molecular formula is C14H11F3N2OS. The quantitative estimate of drug-likeness (QED) is 0.672. The molecule has 0 aromatic heterocycles. The van der Waals surface area contributed by atoms with Crippen LogP contribution in [0.25, 0.3) is 0 Å². The van der Waals surface area contributed by atoms with E-state index in [1.165, 1.54) is 18.2 Å². The van der Waals surface area contributed by atoms with E-state index in [2.05, 4.69) is 5.32 Å². The number of halogens is 3. The fraction of sp³-hybridized carbons (Fsp3) is 0.0714. The molecule has 3 N–H and O–H groups in total. The Morgan fingerprint density at radius 3 is 2.52 bits per heavy atom. The van der Waals surface area contributed by atoms with E-state index >= 15 is 0 Å². The molecule has 0 heterocycles. The number of amides is 1. The van der Waals surface area contributed by atoms with E-state index in [0.29, 0.717) is 4.90 Å². The SMILES string of the molecule is Nc1cc(F)ccc1SCC(=O)Nc1ccc(F)c(F)c1. The molecule has 0 saturated carbocycles. The zero-order chi connectivity index (χ0) is 15.4. The maximum atomic E-state index is 13.0. The van der Waals surface area contributed by atoms with Crippen molar-refractivity contribution in [1.29, 1.82) is 0 Å². The maximum Gasteiger partial charge on any atom is 0.234 e. The number of thioether (sulfide) groups is 1. The summed E-state index contributed by atoms with van der Waals surface area (Å²) >= 11 is 1.12. The van der Waals surface area contributed by atoms with Gasteiger partial charge in [-0.25, -0.2) is 13.2 Å². The lowest BCUT2D eigenvalue weighted by Gasteiger charge is -2.07. The van der Waals surface area contributed by atoms with Crippen LogP contribution in [0.4, 0.5) is 24.5 Å². The van der Waals surface area contributed by atoms with E-state index in [1.54, 1.807) is 0 Å². The first kappa shape index (κ1) is 15.2. The molecule has 21 heavy (non-hydrogen) atoms. The molecule has 1 amide bonds. The molecule has 110 valence electrons. The molecule has 7 heteroatoms. The third-order valence-corrected chi connectivity index (χ3v) is 3.62. The second kappa shape index (κ2) is 6.53. The molecule has 0 unspecified atom stereocenters. The van der Waals surface area contributed by atoms with Crippen LogP contribution in [0.1, 0.15) is 0 Å². The van der Waals surface area contributed by atoms with E-state index < -0.39 is 23.4 Å². The van der Waals surface area contributed by atoms with Gasteiger partial charge in [0, 0.05) is 22.3 Å². The van der Waals surface area contributed by atoms with Crippen molar-refractivity contribution in [2.75, 3.05) is 16.8 Å². The Morgan fingerprint density at radius 1 is 1.10 bits per heavy atom. The summed E-state index contributed by atoms with van der Waals surface area (Å²) in [5.41, 5.74) is 6.01. The maximum absolute atomic E-state index is 13.0. The zero-order valence-electron chi connectivity index (χ0n) is 10.7. The first-order valence-corrected chi connectivity index (χ1v) is 6.87. The fourth-order valence-corrected chi connectivity index (χ4v) is 2.31. The Kier molecular flexibility index (Phi) is 4.74. The highest BCUT2D eigenvalue weighted by Crippen LogP contribution is 2.25. The van der Waals surface area contributed by atoms with Gasteiger partial charge in [-0.1, -0.05) is 0 Å². The average Bonchev–Trinajstić information content (AvgIpc) is 2.42. The Morgan fingerprint density at radius 2 is 1.86 bits per heavy atom. The smallest absolute Gasteiger partial charge is 0.234 e. The van der Waals surface area contributed by atoms with Crippen LogP contribution in [-0.4, -0.2) is 11.7 Å². The van der Waals surface area contributed by atoms with E-state index in [1.807, 2.05) is 0 Å². The minimum atomic E-state index is -1.04. The number of carbonyl (C=O) groups is 1. The standard InChI is InChI=1S/C14H11F3N2OS/c15-8-1-4-13(12(18)5-8)21-7-14(20)19-9-2-3-10(16)11(17)6-9/h1-6H,7,18H2,(H,19,20). The van der Waals surface area contributed by atoms with Crippen LogP contribution in [0.15, 0.2) is 41.3 Å². The average molecular weight is 312 g/mol. The lowest BCUT2D eigenvalue weighted by atomic mass is 10.3. The molecule has 0 atom stereocenters. The number of rotatable bonds is 4. The largest absolute Gasteiger partial charge is 0.398 e. The molecule has 3 nitrogen and oxygen atoms in total. The predicted molar refractivity (Wildman–Crippen MR) is 76.5 cm³/mol. The van der Waals surface area contributed by atoms with Crippen molar-refractivity contribution in [2.45, 2.75) is 4.90 Å². The Balaban J connectivity index is 1.94. The van der Waals surface area contributed by atoms with Gasteiger partial charge in [-0.2, -0.15) is 0 Å². The Bertz CT molecular complexity index is 679. The molecule has 2 rings (SSSR count). The second-order valence-corrected chi connectivity index (χ2v) is 5.17. The number of nitrogens with one attached hydrogen (secondary N) is 1. The summed E-state index contributed by atoms with van der Waals surface area (Å²) in [5, 5.41) is 2.43. The number of anilines is 2. The summed E-state index contributed by atoms with van der Waals surface area (Å²) in [4.78, 5) is 12.3. The van der Waals surface area contributed by atoms with Crippen molar-refractivity contribution in [3.63, 3.8) is 0 Å². The lowest BCUT2D eigenvalue weighted by molar-refractivity contribution is -0.113. The number of carbonyl (C=O) groups excluding carboxylic acids is 1. The van der Waals surface area contributed by atoms with Gasteiger partial charge in [-0.15, -0.1) is 11.8 Å². The third-order valence-electron chi connectivity index (χ3n) is 2.53. The van der Waals surface area contributed by atoms with Gasteiger partial charge in [0.15, 0.2) is 11.6 Å². The van der Waals surface area contributed by atoms with Crippen molar-refractivity contribution in [1.82, 2.24) is 0 Å². The molecule has 0 fully saturated rings. The molecule has 0 aliphatic rings. The van der Waals surface area contributed by atoms with Crippen molar-refractivity contribution < 1.29 is 18.0 Å². The molecule has 0 radical (unpaired) electrons. The molecule has 2 aromatic rings. The molecule has 0 aliphatic heterocycles. The van der Waals surface area contributed by atoms with Gasteiger partial charge in [0.1, 0.15) is 5.82 Å². The number of benzene rings is 2. The van der Waals surface area contributed by atoms with E-state index in [4.69, 9.17) is 5.73 Å². The van der Waals surface area contributed by atoms with Gasteiger partial charge in [0.25, 0.3) is 0 Å². The normalized spacial score (nSPS) is 10.4. The van der Waals surface area contributed by atoms with Crippen molar-refractivity contribution >= 4 is 29.0 Å². The highest BCUT2D eigenvalue weighted by Gasteiger charge is 2.08. The lowest BCUT2D eigenvalue weighted by Crippen LogP contribution is -2.14. The van der Waals surface area contributed by atoms with Gasteiger partial charge < -0.3 is 11.1 Å². The highest BCUT2D eigenvalue weighted by atomic mass is 32.2. The molecule has 0 spiro atoms. The zero-order valence-corrected chi connectivity index (χ0v) is 11.5. The first-order chi connectivity index (χ1) is 9.95. The predicted octanol–water partition coefficient (Wildman–Crippen LogP) is 3.42. The van der Waals surface area contributed by atoms with Crippen LogP contribution in [-0.2, 0) is 4.79 Å². The topological polar surface area (TPSA) is 55.1 Å². The molecule has 2 aromatic carbocycles. The van der Waals surface area contributed by atoms with Crippen LogP contribution in [0.2, 0.25) is 0 Å². The number of nitrogen functional groups attached to an aromatic ring is 1. The van der Waals surface area contributed by atoms with E-state index in [-0.39, 0.29) is 17.1 Å². The Hall–Kier alpha value is -2.15. The minimum absolute atomic E-state index is 0.00876. The highest BCUT2D eigenvalue weighted by molar-refractivity contribution is 8.00. The van der Waals surface area contributed by atoms with Crippen LogP contribution < -0.4 is 11.1 Å². The Labute approximate surface area is 123 Å². The minimum Gasteiger partial charge on any atom is -0.398 e. The van der Waals surface area contributed by atoms with Crippen LogP contribution in [0.3, 0.4) is 0 Å². The van der Waals surface area contributed by atoms with Crippen LogP contribution in [0.5, 0.6) is 0 Å². The van der Waals surface area contributed by atoms with E-state index in [0.717, 1.165) is 30.0 Å². The van der Waals surface area contributed by atoms with Crippen LogP contribution >= 0.6 is 11.8 Å². The number of hydrogen-bond acceptors (Lipinski definition) is 3. The van der Waals surface area contributed by atoms with Gasteiger partial charge in [-0.05, 0) is 30.3 Å². The van der Waals surface area contributed by atoms with Crippen molar-refractivity contribution in [2.24, 2.45) is 0 Å². The van der Waals surface area contributed by atoms with Gasteiger partial charge in [0.2, 0.25) is 5.91 Å².